The van der Waals surface area contributed by atoms with Crippen LogP contribution in [0.15, 0.2) is 28.7 Å². The van der Waals surface area contributed by atoms with Gasteiger partial charge in [-0.05, 0) is 18.7 Å². The van der Waals surface area contributed by atoms with E-state index in [1.54, 1.807) is 7.11 Å². The van der Waals surface area contributed by atoms with E-state index in [0.717, 1.165) is 44.0 Å². The number of methoxy groups -OCH3 is 1. The highest BCUT2D eigenvalue weighted by Crippen LogP contribution is 2.28. The molecule has 22 heavy (non-hydrogen) atoms. The minimum atomic E-state index is 0.514. The van der Waals surface area contributed by atoms with Gasteiger partial charge in [-0.15, -0.1) is 10.2 Å². The van der Waals surface area contributed by atoms with Gasteiger partial charge in [0.1, 0.15) is 5.75 Å². The van der Waals surface area contributed by atoms with E-state index >= 15 is 0 Å². The van der Waals surface area contributed by atoms with Gasteiger partial charge in [0.15, 0.2) is 0 Å². The molecule has 0 saturated carbocycles. The second kappa shape index (κ2) is 6.89. The highest BCUT2D eigenvalue weighted by atomic mass is 16.5. The monoisotopic (exact) mass is 302 g/mol. The van der Waals surface area contributed by atoms with Crippen molar-refractivity contribution in [1.29, 1.82) is 0 Å². The van der Waals surface area contributed by atoms with Gasteiger partial charge in [-0.3, -0.25) is 4.90 Å². The molecular weight excluding hydrogens is 280 g/mol. The van der Waals surface area contributed by atoms with Crippen LogP contribution in [0.5, 0.6) is 5.75 Å². The van der Waals surface area contributed by atoms with Gasteiger partial charge in [-0.1, -0.05) is 19.1 Å². The lowest BCUT2D eigenvalue weighted by molar-refractivity contribution is 0.124. The summed E-state index contributed by atoms with van der Waals surface area (Å²) in [5, 5.41) is 8.33. The van der Waals surface area contributed by atoms with Crippen LogP contribution in [0.3, 0.4) is 0 Å². The molecule has 1 saturated heterocycles. The maximum Gasteiger partial charge on any atom is 0.251 e. The first-order valence-electron chi connectivity index (χ1n) is 7.70. The Kier molecular flexibility index (Phi) is 4.70. The fraction of sp³-hybridized carbons (Fsp3) is 0.500. The first-order valence-corrected chi connectivity index (χ1v) is 7.70. The number of benzene rings is 1. The van der Waals surface area contributed by atoms with Crippen molar-refractivity contribution >= 4 is 0 Å². The summed E-state index contributed by atoms with van der Waals surface area (Å²) in [7, 11) is 1.64. The maximum atomic E-state index is 5.81. The van der Waals surface area contributed by atoms with E-state index in [9.17, 15) is 0 Å². The fourth-order valence-corrected chi connectivity index (χ4v) is 2.70. The van der Waals surface area contributed by atoms with E-state index in [1.807, 2.05) is 24.3 Å². The number of ether oxygens (including phenoxy) is 1. The van der Waals surface area contributed by atoms with E-state index in [0.29, 0.717) is 18.3 Å². The Hall–Kier alpha value is -1.92. The van der Waals surface area contributed by atoms with Crippen LogP contribution in [0.1, 0.15) is 12.8 Å². The van der Waals surface area contributed by atoms with Gasteiger partial charge in [0.05, 0.1) is 19.2 Å². The summed E-state index contributed by atoms with van der Waals surface area (Å²) in [6.45, 7) is 8.31. The normalized spacial score (nSPS) is 16.8. The maximum absolute atomic E-state index is 5.81. The van der Waals surface area contributed by atoms with Crippen LogP contribution in [-0.4, -0.2) is 59.8 Å². The summed E-state index contributed by atoms with van der Waals surface area (Å²) in [5.74, 6) is 1.92. The van der Waals surface area contributed by atoms with Crippen LogP contribution >= 0.6 is 0 Å². The predicted molar refractivity (Wildman–Crippen MR) is 83.7 cm³/mol. The minimum Gasteiger partial charge on any atom is -0.496 e. The molecule has 0 unspecified atom stereocenters. The SMILES string of the molecule is CCN1CCN(Cc2nnc(-c3ccccc3OC)o2)CC1. The first-order chi connectivity index (χ1) is 10.8. The zero-order valence-electron chi connectivity index (χ0n) is 13.2. The van der Waals surface area contributed by atoms with Gasteiger partial charge in [0, 0.05) is 26.2 Å². The molecule has 0 atom stereocenters. The van der Waals surface area contributed by atoms with Crippen LogP contribution in [0.4, 0.5) is 0 Å². The summed E-state index contributed by atoms with van der Waals surface area (Å²) in [5.41, 5.74) is 0.833. The van der Waals surface area contributed by atoms with Crippen molar-refractivity contribution < 1.29 is 9.15 Å². The van der Waals surface area contributed by atoms with Crippen molar-refractivity contribution in [3.8, 4) is 17.2 Å². The lowest BCUT2D eigenvalue weighted by Crippen LogP contribution is -2.45. The predicted octanol–water partition coefficient (Wildman–Crippen LogP) is 1.88. The Morgan fingerprint density at radius 1 is 1.09 bits per heavy atom. The number of piperazine rings is 1. The van der Waals surface area contributed by atoms with E-state index in [4.69, 9.17) is 9.15 Å². The number of hydrogen-bond acceptors (Lipinski definition) is 6. The van der Waals surface area contributed by atoms with Gasteiger partial charge < -0.3 is 14.1 Å². The molecule has 1 aromatic carbocycles. The first kappa shape index (κ1) is 15.0. The Balaban J connectivity index is 1.67. The molecule has 0 N–H and O–H groups in total. The molecule has 118 valence electrons. The van der Waals surface area contributed by atoms with Crippen molar-refractivity contribution in [3.05, 3.63) is 30.2 Å². The van der Waals surface area contributed by atoms with Gasteiger partial charge in [0.25, 0.3) is 5.89 Å². The number of hydrogen-bond donors (Lipinski definition) is 0. The number of likely N-dealkylation sites (N-methyl/N-ethyl adjacent to an activating group) is 1. The minimum absolute atomic E-state index is 0.514. The molecule has 0 radical (unpaired) electrons. The highest BCUT2D eigenvalue weighted by Gasteiger charge is 2.19. The van der Waals surface area contributed by atoms with E-state index in [2.05, 4.69) is 26.9 Å². The average molecular weight is 302 g/mol. The molecular formula is C16H22N4O2. The van der Waals surface area contributed by atoms with E-state index in [1.165, 1.54) is 0 Å². The number of rotatable bonds is 5. The zero-order chi connectivity index (χ0) is 15.4. The van der Waals surface area contributed by atoms with Gasteiger partial charge >= 0.3 is 0 Å². The lowest BCUT2D eigenvalue weighted by Gasteiger charge is -2.33. The third-order valence-corrected chi connectivity index (χ3v) is 4.08. The lowest BCUT2D eigenvalue weighted by atomic mass is 10.2. The van der Waals surface area contributed by atoms with Crippen LogP contribution < -0.4 is 4.74 Å². The van der Waals surface area contributed by atoms with Crippen LogP contribution in [0, 0.1) is 0 Å². The quantitative estimate of drug-likeness (QED) is 0.840. The molecule has 1 aromatic heterocycles. The van der Waals surface area contributed by atoms with Crippen molar-refractivity contribution in [3.63, 3.8) is 0 Å². The summed E-state index contributed by atoms with van der Waals surface area (Å²) < 4.78 is 11.2. The standard InChI is InChI=1S/C16H22N4O2/c1-3-19-8-10-20(11-9-19)12-15-17-18-16(22-15)13-6-4-5-7-14(13)21-2/h4-7H,3,8-12H2,1-2H3. The average Bonchev–Trinajstić information content (AvgIpc) is 3.04. The molecule has 0 amide bonds. The summed E-state index contributed by atoms with van der Waals surface area (Å²) in [4.78, 5) is 4.80. The third-order valence-electron chi connectivity index (χ3n) is 4.08. The number of para-hydroxylation sites is 1. The van der Waals surface area contributed by atoms with Crippen LogP contribution in [0.2, 0.25) is 0 Å². The van der Waals surface area contributed by atoms with E-state index < -0.39 is 0 Å². The molecule has 0 spiro atoms. The Bertz CT molecular complexity index is 606. The van der Waals surface area contributed by atoms with Crippen LogP contribution in [0.25, 0.3) is 11.5 Å². The Morgan fingerprint density at radius 2 is 1.82 bits per heavy atom. The molecule has 6 heteroatoms. The zero-order valence-corrected chi connectivity index (χ0v) is 13.2. The van der Waals surface area contributed by atoms with E-state index in [-0.39, 0.29) is 0 Å². The summed E-state index contributed by atoms with van der Waals surface area (Å²) in [6, 6.07) is 7.68. The Labute approximate surface area is 130 Å². The van der Waals surface area contributed by atoms with Crippen molar-refractivity contribution in [2.24, 2.45) is 0 Å². The third kappa shape index (κ3) is 3.28. The highest BCUT2D eigenvalue weighted by molar-refractivity contribution is 5.62. The smallest absolute Gasteiger partial charge is 0.251 e. The summed E-state index contributed by atoms with van der Waals surface area (Å²) >= 11 is 0. The molecule has 0 bridgehead atoms. The number of aromatic nitrogens is 2. The Morgan fingerprint density at radius 3 is 2.55 bits per heavy atom. The molecule has 2 aromatic rings. The molecule has 2 heterocycles. The van der Waals surface area contributed by atoms with Crippen molar-refractivity contribution in [2.75, 3.05) is 39.8 Å². The fourth-order valence-electron chi connectivity index (χ4n) is 2.70. The largest absolute Gasteiger partial charge is 0.496 e. The second-order valence-corrected chi connectivity index (χ2v) is 5.41. The van der Waals surface area contributed by atoms with Crippen molar-refractivity contribution in [1.82, 2.24) is 20.0 Å². The molecule has 1 aliphatic rings. The molecule has 3 rings (SSSR count). The second-order valence-electron chi connectivity index (χ2n) is 5.41. The van der Waals surface area contributed by atoms with Crippen LogP contribution in [-0.2, 0) is 6.54 Å². The topological polar surface area (TPSA) is 54.6 Å². The summed E-state index contributed by atoms with van der Waals surface area (Å²) in [6.07, 6.45) is 0. The molecule has 1 aliphatic heterocycles. The molecule has 0 aliphatic carbocycles. The van der Waals surface area contributed by atoms with Gasteiger partial charge in [0.2, 0.25) is 5.89 Å². The van der Waals surface area contributed by atoms with Crippen molar-refractivity contribution in [2.45, 2.75) is 13.5 Å². The molecule has 6 nitrogen and oxygen atoms in total. The van der Waals surface area contributed by atoms with Gasteiger partial charge in [-0.2, -0.15) is 0 Å². The van der Waals surface area contributed by atoms with Gasteiger partial charge in [-0.25, -0.2) is 0 Å². The molecule has 1 fully saturated rings. The number of nitrogens with zero attached hydrogens (tertiary/aromatic N) is 4.